The molecule has 0 amide bonds. The Hall–Kier alpha value is -1.51. The van der Waals surface area contributed by atoms with E-state index in [0.717, 1.165) is 17.8 Å². The molecule has 3 heteroatoms. The van der Waals surface area contributed by atoms with E-state index in [9.17, 15) is 0 Å². The third-order valence-corrected chi connectivity index (χ3v) is 4.35. The van der Waals surface area contributed by atoms with Gasteiger partial charge >= 0.3 is 0 Å². The number of hydrogen-bond donors (Lipinski definition) is 2. The summed E-state index contributed by atoms with van der Waals surface area (Å²) in [5.74, 6) is 1.52. The van der Waals surface area contributed by atoms with Crippen molar-refractivity contribution in [1.82, 2.24) is 0 Å². The molecule has 0 aromatic heterocycles. The highest BCUT2D eigenvalue weighted by Gasteiger charge is 2.30. The molecule has 19 heavy (non-hydrogen) atoms. The average molecular weight is 259 g/mol. The average Bonchev–Trinajstić information content (AvgIpc) is 2.33. The SMILES string of the molecule is Cc1ccc(C(=N)N)c(N2CC(C)CC(C)C2C)c1. The predicted octanol–water partition coefficient (Wildman–Crippen LogP) is 3.15. The van der Waals surface area contributed by atoms with Crippen LogP contribution >= 0.6 is 0 Å². The summed E-state index contributed by atoms with van der Waals surface area (Å²) in [5.41, 5.74) is 8.95. The van der Waals surface area contributed by atoms with E-state index in [1.165, 1.54) is 12.0 Å². The summed E-state index contributed by atoms with van der Waals surface area (Å²) in [5, 5.41) is 7.78. The predicted molar refractivity (Wildman–Crippen MR) is 81.9 cm³/mol. The largest absolute Gasteiger partial charge is 0.384 e. The van der Waals surface area contributed by atoms with Gasteiger partial charge in [-0.25, -0.2) is 0 Å². The van der Waals surface area contributed by atoms with E-state index >= 15 is 0 Å². The fourth-order valence-electron chi connectivity index (χ4n) is 3.14. The summed E-state index contributed by atoms with van der Waals surface area (Å²) in [4.78, 5) is 2.43. The Labute approximate surface area is 116 Å². The second kappa shape index (κ2) is 5.24. The minimum Gasteiger partial charge on any atom is -0.384 e. The Morgan fingerprint density at radius 3 is 2.63 bits per heavy atom. The second-order valence-electron chi connectivity index (χ2n) is 6.15. The molecule has 1 fully saturated rings. The molecule has 1 aliphatic heterocycles. The first-order valence-electron chi connectivity index (χ1n) is 7.11. The third-order valence-electron chi connectivity index (χ3n) is 4.35. The third kappa shape index (κ3) is 2.75. The van der Waals surface area contributed by atoms with E-state index in [2.05, 4.69) is 38.7 Å². The number of rotatable bonds is 2. The van der Waals surface area contributed by atoms with E-state index in [1.54, 1.807) is 0 Å². The number of hydrogen-bond acceptors (Lipinski definition) is 2. The van der Waals surface area contributed by atoms with Gasteiger partial charge in [-0.2, -0.15) is 0 Å². The highest BCUT2D eigenvalue weighted by molar-refractivity contribution is 6.00. The Morgan fingerprint density at radius 1 is 1.32 bits per heavy atom. The fourth-order valence-corrected chi connectivity index (χ4v) is 3.14. The molecule has 3 nitrogen and oxygen atoms in total. The van der Waals surface area contributed by atoms with E-state index in [-0.39, 0.29) is 5.84 Å². The van der Waals surface area contributed by atoms with Crippen molar-refractivity contribution in [3.8, 4) is 0 Å². The number of piperidine rings is 1. The van der Waals surface area contributed by atoms with Gasteiger partial charge in [-0.15, -0.1) is 0 Å². The zero-order chi connectivity index (χ0) is 14.2. The molecule has 3 N–H and O–H groups in total. The molecule has 1 aromatic rings. The molecular formula is C16H25N3. The van der Waals surface area contributed by atoms with Gasteiger partial charge in [0, 0.05) is 23.8 Å². The molecule has 1 heterocycles. The van der Waals surface area contributed by atoms with Crippen LogP contribution in [0.25, 0.3) is 0 Å². The molecule has 3 unspecified atom stereocenters. The molecule has 1 aliphatic rings. The maximum Gasteiger partial charge on any atom is 0.124 e. The lowest BCUT2D eigenvalue weighted by atomic mass is 9.85. The van der Waals surface area contributed by atoms with Crippen molar-refractivity contribution < 1.29 is 0 Å². The van der Waals surface area contributed by atoms with Gasteiger partial charge in [0.1, 0.15) is 5.84 Å². The number of nitrogen functional groups attached to an aromatic ring is 1. The normalized spacial score (nSPS) is 27.4. The van der Waals surface area contributed by atoms with Crippen LogP contribution in [-0.2, 0) is 0 Å². The zero-order valence-corrected chi connectivity index (χ0v) is 12.4. The molecule has 0 spiro atoms. The lowest BCUT2D eigenvalue weighted by Crippen LogP contribution is -2.46. The van der Waals surface area contributed by atoms with Gasteiger partial charge in [0.15, 0.2) is 0 Å². The summed E-state index contributed by atoms with van der Waals surface area (Å²) in [7, 11) is 0. The first-order chi connectivity index (χ1) is 8.90. The molecule has 0 radical (unpaired) electrons. The highest BCUT2D eigenvalue weighted by Crippen LogP contribution is 2.33. The van der Waals surface area contributed by atoms with E-state index < -0.39 is 0 Å². The van der Waals surface area contributed by atoms with Crippen LogP contribution in [0.5, 0.6) is 0 Å². The summed E-state index contributed by atoms with van der Waals surface area (Å²) in [6, 6.07) is 6.67. The van der Waals surface area contributed by atoms with Gasteiger partial charge in [-0.1, -0.05) is 19.9 Å². The molecule has 0 bridgehead atoms. The number of aryl methyl sites for hydroxylation is 1. The van der Waals surface area contributed by atoms with E-state index in [1.807, 2.05) is 12.1 Å². The molecule has 3 atom stereocenters. The Bertz CT molecular complexity index is 481. The molecule has 2 rings (SSSR count). The van der Waals surface area contributed by atoms with Crippen molar-refractivity contribution in [3.63, 3.8) is 0 Å². The van der Waals surface area contributed by atoms with Crippen molar-refractivity contribution >= 4 is 11.5 Å². The van der Waals surface area contributed by atoms with Crippen LogP contribution in [0.2, 0.25) is 0 Å². The number of anilines is 1. The van der Waals surface area contributed by atoms with Gasteiger partial charge in [0.05, 0.1) is 0 Å². The van der Waals surface area contributed by atoms with Crippen LogP contribution in [0.1, 0.15) is 38.3 Å². The van der Waals surface area contributed by atoms with Crippen molar-refractivity contribution in [2.45, 2.75) is 40.2 Å². The van der Waals surface area contributed by atoms with E-state index in [0.29, 0.717) is 17.9 Å². The molecular weight excluding hydrogens is 234 g/mol. The van der Waals surface area contributed by atoms with Crippen LogP contribution in [0.3, 0.4) is 0 Å². The number of amidine groups is 1. The van der Waals surface area contributed by atoms with Crippen LogP contribution in [0, 0.1) is 24.2 Å². The van der Waals surface area contributed by atoms with E-state index in [4.69, 9.17) is 11.1 Å². The van der Waals surface area contributed by atoms with Gasteiger partial charge in [0.2, 0.25) is 0 Å². The first kappa shape index (κ1) is 13.9. The Morgan fingerprint density at radius 2 is 2.00 bits per heavy atom. The molecule has 104 valence electrons. The maximum absolute atomic E-state index is 7.78. The molecule has 0 saturated carbocycles. The summed E-state index contributed by atoms with van der Waals surface area (Å²) < 4.78 is 0. The zero-order valence-electron chi connectivity index (χ0n) is 12.4. The summed E-state index contributed by atoms with van der Waals surface area (Å²) in [6.45, 7) is 10.0. The monoisotopic (exact) mass is 259 g/mol. The van der Waals surface area contributed by atoms with Crippen molar-refractivity contribution in [2.24, 2.45) is 17.6 Å². The topological polar surface area (TPSA) is 53.1 Å². The van der Waals surface area contributed by atoms with Crippen LogP contribution in [-0.4, -0.2) is 18.4 Å². The van der Waals surface area contributed by atoms with Crippen molar-refractivity contribution in [1.29, 1.82) is 5.41 Å². The maximum atomic E-state index is 7.78. The second-order valence-corrected chi connectivity index (χ2v) is 6.15. The standard InChI is InChI=1S/C16H25N3/c1-10-5-6-14(16(17)18)15(8-10)19-9-11(2)7-12(3)13(19)4/h5-6,8,11-13H,7,9H2,1-4H3,(H3,17,18). The lowest BCUT2D eigenvalue weighted by Gasteiger charge is -2.43. The Balaban J connectivity index is 2.44. The number of nitrogens with one attached hydrogen (secondary N) is 1. The first-order valence-corrected chi connectivity index (χ1v) is 7.11. The van der Waals surface area contributed by atoms with Crippen LogP contribution < -0.4 is 10.6 Å². The highest BCUT2D eigenvalue weighted by atomic mass is 15.2. The van der Waals surface area contributed by atoms with Gasteiger partial charge in [0.25, 0.3) is 0 Å². The molecule has 0 aliphatic carbocycles. The fraction of sp³-hybridized carbons (Fsp3) is 0.562. The Kier molecular flexibility index (Phi) is 3.83. The summed E-state index contributed by atoms with van der Waals surface area (Å²) in [6.07, 6.45) is 1.28. The van der Waals surface area contributed by atoms with Crippen molar-refractivity contribution in [2.75, 3.05) is 11.4 Å². The molecule has 1 aromatic carbocycles. The quantitative estimate of drug-likeness (QED) is 0.633. The number of nitrogens with two attached hydrogens (primary N) is 1. The summed E-state index contributed by atoms with van der Waals surface area (Å²) >= 11 is 0. The molecule has 1 saturated heterocycles. The van der Waals surface area contributed by atoms with Crippen molar-refractivity contribution in [3.05, 3.63) is 29.3 Å². The minimum atomic E-state index is 0.160. The number of nitrogens with zero attached hydrogens (tertiary/aromatic N) is 1. The van der Waals surface area contributed by atoms with Crippen LogP contribution in [0.4, 0.5) is 5.69 Å². The number of benzene rings is 1. The van der Waals surface area contributed by atoms with Gasteiger partial charge < -0.3 is 10.6 Å². The van der Waals surface area contributed by atoms with Gasteiger partial charge in [-0.3, -0.25) is 5.41 Å². The minimum absolute atomic E-state index is 0.160. The lowest BCUT2D eigenvalue weighted by molar-refractivity contribution is 0.297. The smallest absolute Gasteiger partial charge is 0.124 e. The van der Waals surface area contributed by atoms with Gasteiger partial charge in [-0.05, 0) is 49.8 Å². The van der Waals surface area contributed by atoms with Crippen LogP contribution in [0.15, 0.2) is 18.2 Å².